The van der Waals surface area contributed by atoms with Crippen LogP contribution in [0.25, 0.3) is 4.96 Å². The zero-order valence-electron chi connectivity index (χ0n) is 19.3. The van der Waals surface area contributed by atoms with Gasteiger partial charge in [0.05, 0.1) is 21.9 Å². The summed E-state index contributed by atoms with van der Waals surface area (Å²) in [6.07, 6.45) is 4.52. The number of Topliss-reactive ketones (excluding diaryl/α,β-unsaturated/α-hetero) is 1. The van der Waals surface area contributed by atoms with E-state index in [0.717, 1.165) is 15.2 Å². The monoisotopic (exact) mass is 546 g/mol. The minimum Gasteiger partial charge on any atom is -0.444 e. The smallest absolute Gasteiger partial charge is 0.408 e. The number of nitrogens with zero attached hydrogens (tertiary/aromatic N) is 3. The third kappa shape index (κ3) is 5.67. The molecule has 3 aromatic rings. The summed E-state index contributed by atoms with van der Waals surface area (Å²) in [5.74, 6) is -0.373. The molecule has 0 aliphatic carbocycles. The van der Waals surface area contributed by atoms with Gasteiger partial charge in [-0.25, -0.2) is 9.78 Å². The van der Waals surface area contributed by atoms with Gasteiger partial charge in [-0.15, -0.1) is 0 Å². The van der Waals surface area contributed by atoms with Crippen LogP contribution in [0.15, 0.2) is 46.5 Å². The maximum atomic E-state index is 13.6. The molecule has 1 aliphatic heterocycles. The normalized spacial score (nSPS) is 17.1. The van der Waals surface area contributed by atoms with E-state index >= 15 is 0 Å². The predicted molar refractivity (Wildman–Crippen MR) is 133 cm³/mol. The molecule has 34 heavy (non-hydrogen) atoms. The molecular weight excluding hydrogens is 520 g/mol. The number of benzene rings is 1. The highest BCUT2D eigenvalue weighted by Gasteiger charge is 2.38. The molecule has 1 aliphatic rings. The summed E-state index contributed by atoms with van der Waals surface area (Å²) in [6.45, 7) is 5.75. The topological polar surface area (TPSA) is 93.0 Å². The van der Waals surface area contributed by atoms with Crippen molar-refractivity contribution in [3.63, 3.8) is 0 Å². The van der Waals surface area contributed by atoms with Gasteiger partial charge in [0.15, 0.2) is 10.7 Å². The van der Waals surface area contributed by atoms with Gasteiger partial charge in [-0.3, -0.25) is 14.0 Å². The third-order valence-electron chi connectivity index (χ3n) is 5.48. The van der Waals surface area contributed by atoms with Gasteiger partial charge in [-0.1, -0.05) is 41.7 Å². The first-order valence-electron chi connectivity index (χ1n) is 11.1. The average molecular weight is 547 g/mol. The standard InChI is InChI=1S/C24H27BrN4O4S/c1-24(2,3)33-23(32)27-20(15-8-5-4-6-9-15)21(31)29-11-7-10-17(29)18(30)12-16-13-28-14-19(25)34-22(28)26-16/h4-6,8-9,13-14,17,20H,7,10-12H2,1-3H3,(H,27,32)/t17-,20-/m0/s1. The number of imidazole rings is 1. The fourth-order valence-electron chi connectivity index (χ4n) is 4.09. The molecule has 2 atom stereocenters. The lowest BCUT2D eigenvalue weighted by atomic mass is 10.0. The van der Waals surface area contributed by atoms with Crippen LogP contribution in [0.3, 0.4) is 0 Å². The second kappa shape index (κ2) is 9.87. The number of hydrogen-bond donors (Lipinski definition) is 1. The molecule has 4 rings (SSSR count). The number of ether oxygens (including phenoxy) is 1. The highest BCUT2D eigenvalue weighted by Crippen LogP contribution is 2.27. The Morgan fingerprint density at radius 2 is 1.97 bits per heavy atom. The number of hydrogen-bond acceptors (Lipinski definition) is 6. The highest BCUT2D eigenvalue weighted by molar-refractivity contribution is 9.11. The second-order valence-corrected chi connectivity index (χ2v) is 11.7. The van der Waals surface area contributed by atoms with Crippen LogP contribution in [-0.2, 0) is 20.7 Å². The molecule has 1 fully saturated rings. The number of alkyl carbamates (subject to hydrolysis) is 1. The summed E-state index contributed by atoms with van der Waals surface area (Å²) < 4.78 is 8.23. The molecule has 2 amide bonds. The Balaban J connectivity index is 1.51. The van der Waals surface area contributed by atoms with E-state index in [1.807, 2.05) is 35.0 Å². The zero-order chi connectivity index (χ0) is 24.5. The van der Waals surface area contributed by atoms with Crippen LogP contribution in [0.4, 0.5) is 4.79 Å². The lowest BCUT2D eigenvalue weighted by Crippen LogP contribution is -2.48. The van der Waals surface area contributed by atoms with Crippen molar-refractivity contribution in [1.82, 2.24) is 19.6 Å². The Labute approximate surface area is 210 Å². The molecule has 0 bridgehead atoms. The van der Waals surface area contributed by atoms with E-state index in [4.69, 9.17) is 4.74 Å². The molecule has 1 N–H and O–H groups in total. The first-order valence-corrected chi connectivity index (χ1v) is 12.7. The molecular formula is C24H27BrN4O4S. The Hall–Kier alpha value is -2.72. The van der Waals surface area contributed by atoms with Gasteiger partial charge in [0, 0.05) is 18.9 Å². The number of ketones is 1. The largest absolute Gasteiger partial charge is 0.444 e. The van der Waals surface area contributed by atoms with Gasteiger partial charge in [-0.05, 0) is 55.1 Å². The molecule has 0 unspecified atom stereocenters. The van der Waals surface area contributed by atoms with Crippen molar-refractivity contribution in [3.05, 3.63) is 57.8 Å². The number of carbonyl (C=O) groups is 3. The van der Waals surface area contributed by atoms with Gasteiger partial charge in [-0.2, -0.15) is 0 Å². The van der Waals surface area contributed by atoms with Crippen molar-refractivity contribution in [2.24, 2.45) is 0 Å². The maximum Gasteiger partial charge on any atom is 0.408 e. The van der Waals surface area contributed by atoms with Gasteiger partial charge < -0.3 is 15.0 Å². The predicted octanol–water partition coefficient (Wildman–Crippen LogP) is 4.53. The Bertz CT molecular complexity index is 1170. The summed E-state index contributed by atoms with van der Waals surface area (Å²) in [5, 5.41) is 2.71. The summed E-state index contributed by atoms with van der Waals surface area (Å²) in [7, 11) is 0. The van der Waals surface area contributed by atoms with Crippen molar-refractivity contribution in [2.75, 3.05) is 6.54 Å². The number of aromatic nitrogens is 2. The number of amides is 2. The van der Waals surface area contributed by atoms with Gasteiger partial charge in [0.25, 0.3) is 5.91 Å². The minimum atomic E-state index is -0.945. The molecule has 2 aromatic heterocycles. The summed E-state index contributed by atoms with van der Waals surface area (Å²) in [4.78, 5) is 46.3. The van der Waals surface area contributed by atoms with E-state index in [1.54, 1.807) is 37.8 Å². The lowest BCUT2D eigenvalue weighted by Gasteiger charge is -2.29. The summed E-state index contributed by atoms with van der Waals surface area (Å²) in [6, 6.07) is 7.52. The van der Waals surface area contributed by atoms with Crippen LogP contribution in [0.5, 0.6) is 0 Å². The number of nitrogens with one attached hydrogen (secondary N) is 1. The number of thiazole rings is 1. The molecule has 3 heterocycles. The minimum absolute atomic E-state index is 0.0558. The lowest BCUT2D eigenvalue weighted by molar-refractivity contribution is -0.139. The van der Waals surface area contributed by atoms with Crippen LogP contribution in [0, 0.1) is 0 Å². The third-order valence-corrected chi connectivity index (χ3v) is 6.96. The highest BCUT2D eigenvalue weighted by atomic mass is 79.9. The first kappa shape index (κ1) is 24.4. The van der Waals surface area contributed by atoms with Crippen molar-refractivity contribution in [1.29, 1.82) is 0 Å². The number of rotatable bonds is 6. The van der Waals surface area contributed by atoms with Gasteiger partial charge in [0.1, 0.15) is 11.6 Å². The fraction of sp³-hybridized carbons (Fsp3) is 0.417. The van der Waals surface area contributed by atoms with Gasteiger partial charge in [0.2, 0.25) is 0 Å². The average Bonchev–Trinajstić information content (AvgIpc) is 3.45. The summed E-state index contributed by atoms with van der Waals surface area (Å²) in [5.41, 5.74) is 0.611. The molecule has 10 heteroatoms. The van der Waals surface area contributed by atoms with Crippen molar-refractivity contribution >= 4 is 50.0 Å². The Morgan fingerprint density at radius 3 is 2.65 bits per heavy atom. The number of carbonyl (C=O) groups excluding carboxylic acids is 3. The Kier molecular flexibility index (Phi) is 7.09. The van der Waals surface area contributed by atoms with E-state index in [-0.39, 0.29) is 18.1 Å². The molecule has 1 saturated heterocycles. The van der Waals surface area contributed by atoms with Crippen molar-refractivity contribution in [2.45, 2.75) is 57.7 Å². The molecule has 0 radical (unpaired) electrons. The molecule has 8 nitrogen and oxygen atoms in total. The van der Waals surface area contributed by atoms with E-state index < -0.39 is 23.8 Å². The second-order valence-electron chi connectivity index (χ2n) is 9.28. The van der Waals surface area contributed by atoms with Crippen LogP contribution in [0.2, 0.25) is 0 Å². The Morgan fingerprint density at radius 1 is 1.24 bits per heavy atom. The quantitative estimate of drug-likeness (QED) is 0.490. The SMILES string of the molecule is CC(C)(C)OC(=O)N[C@H](C(=O)N1CCC[C@H]1C(=O)Cc1cn2cc(Br)sc2n1)c1ccccc1. The van der Waals surface area contributed by atoms with Gasteiger partial charge >= 0.3 is 6.09 Å². The van der Waals surface area contributed by atoms with Crippen LogP contribution in [-0.4, -0.2) is 50.3 Å². The van der Waals surface area contributed by atoms with Crippen LogP contribution < -0.4 is 5.32 Å². The number of likely N-dealkylation sites (tertiary alicyclic amines) is 1. The fourth-order valence-corrected chi connectivity index (χ4v) is 5.46. The van der Waals surface area contributed by atoms with Crippen LogP contribution in [0.1, 0.15) is 50.9 Å². The molecule has 1 aromatic carbocycles. The zero-order valence-corrected chi connectivity index (χ0v) is 21.7. The number of fused-ring (bicyclic) bond motifs is 1. The maximum absolute atomic E-state index is 13.6. The summed E-state index contributed by atoms with van der Waals surface area (Å²) >= 11 is 4.92. The molecule has 0 spiro atoms. The van der Waals surface area contributed by atoms with Crippen LogP contribution >= 0.6 is 27.3 Å². The van der Waals surface area contributed by atoms with E-state index in [9.17, 15) is 14.4 Å². The van der Waals surface area contributed by atoms with E-state index in [0.29, 0.717) is 24.2 Å². The van der Waals surface area contributed by atoms with E-state index in [2.05, 4.69) is 26.2 Å². The first-order chi connectivity index (χ1) is 16.1. The van der Waals surface area contributed by atoms with E-state index in [1.165, 1.54) is 11.3 Å². The number of halogens is 1. The van der Waals surface area contributed by atoms with Crippen molar-refractivity contribution in [3.8, 4) is 0 Å². The molecule has 0 saturated carbocycles. The molecule has 180 valence electrons. The van der Waals surface area contributed by atoms with Crippen molar-refractivity contribution < 1.29 is 19.1 Å².